The number of nitrogens with zero attached hydrogens (tertiary/aromatic N) is 3. The quantitative estimate of drug-likeness (QED) is 0.225. The molecule has 1 saturated heterocycles. The Bertz CT molecular complexity index is 1510. The lowest BCUT2D eigenvalue weighted by Crippen LogP contribution is -2.40. The van der Waals surface area contributed by atoms with E-state index in [1.165, 1.54) is 6.42 Å². The molecule has 2 N–H and O–H groups in total. The summed E-state index contributed by atoms with van der Waals surface area (Å²) in [5.41, 5.74) is 4.28. The van der Waals surface area contributed by atoms with Gasteiger partial charge in [0.05, 0.1) is 42.2 Å². The maximum Gasteiger partial charge on any atom is 0.240 e. The number of aliphatic imine (C=N–C) groups is 1. The summed E-state index contributed by atoms with van der Waals surface area (Å²) in [6.07, 6.45) is 3.55. The molecule has 3 aromatic carbocycles. The van der Waals surface area contributed by atoms with Crippen LogP contribution in [0.2, 0.25) is 0 Å². The zero-order valence-corrected chi connectivity index (χ0v) is 24.0. The number of nitrogens with one attached hydrogen (secondary N) is 1. The van der Waals surface area contributed by atoms with Gasteiger partial charge in [0, 0.05) is 29.8 Å². The Morgan fingerprint density at radius 3 is 2.27 bits per heavy atom. The van der Waals surface area contributed by atoms with E-state index in [4.69, 9.17) is 14.5 Å². The summed E-state index contributed by atoms with van der Waals surface area (Å²) in [5.74, 6) is 1.31. The zero-order chi connectivity index (χ0) is 28.8. The van der Waals surface area contributed by atoms with Gasteiger partial charge < -0.3 is 24.5 Å². The predicted octanol–water partition coefficient (Wildman–Crippen LogP) is 6.29. The van der Waals surface area contributed by atoms with Crippen LogP contribution in [0.15, 0.2) is 71.7 Å². The molecule has 0 spiro atoms. The molecule has 1 aromatic heterocycles. The second kappa shape index (κ2) is 12.9. The maximum atomic E-state index is 12.9. The van der Waals surface area contributed by atoms with Crippen molar-refractivity contribution in [3.05, 3.63) is 77.9 Å². The van der Waals surface area contributed by atoms with Crippen molar-refractivity contribution >= 4 is 33.9 Å². The van der Waals surface area contributed by atoms with Crippen molar-refractivity contribution in [2.24, 2.45) is 4.99 Å². The van der Waals surface area contributed by atoms with Gasteiger partial charge in [0.25, 0.3) is 0 Å². The Balaban J connectivity index is 1.50. The van der Waals surface area contributed by atoms with Gasteiger partial charge >= 0.3 is 0 Å². The molecule has 1 aliphatic heterocycles. The van der Waals surface area contributed by atoms with Crippen molar-refractivity contribution < 1.29 is 19.4 Å². The molecular weight excluding hydrogens is 516 g/mol. The van der Waals surface area contributed by atoms with E-state index in [0.717, 1.165) is 48.1 Å². The van der Waals surface area contributed by atoms with Gasteiger partial charge in [-0.1, -0.05) is 36.8 Å². The first-order valence-electron chi connectivity index (χ1n) is 14.4. The predicted molar refractivity (Wildman–Crippen MR) is 164 cm³/mol. The number of piperidine rings is 1. The molecule has 5 rings (SSSR count). The van der Waals surface area contributed by atoms with E-state index in [2.05, 4.69) is 9.88 Å². The van der Waals surface area contributed by atoms with Gasteiger partial charge in [-0.05, 0) is 70.1 Å². The van der Waals surface area contributed by atoms with Crippen molar-refractivity contribution in [3.8, 4) is 17.4 Å². The fraction of sp³-hybridized carbons (Fsp3) is 0.333. The van der Waals surface area contributed by atoms with Gasteiger partial charge in [0.1, 0.15) is 0 Å². The molecule has 1 aliphatic rings. The van der Waals surface area contributed by atoms with Crippen LogP contribution in [0.25, 0.3) is 10.9 Å². The number of fused-ring (bicyclic) bond motifs is 1. The first kappa shape index (κ1) is 28.2. The van der Waals surface area contributed by atoms with Crippen LogP contribution in [0.5, 0.6) is 17.4 Å². The molecule has 0 aliphatic carbocycles. The van der Waals surface area contributed by atoms with Crippen molar-refractivity contribution in [3.63, 3.8) is 0 Å². The van der Waals surface area contributed by atoms with Crippen LogP contribution in [0.3, 0.4) is 0 Å². The number of hydrogen-bond donors (Lipinski definition) is 2. The second-order valence-electron chi connectivity index (χ2n) is 10.2. The first-order chi connectivity index (χ1) is 20.0. The standard InChI is InChI=1S/C33H38N4O4/c1-4-40-28-20-26-27(21-29(28)41-5-2)35-33(39)31(26)32(23-12-8-6-9-13-23)34-24-14-16-25(17-15-24)36(3)30(38)22-37-18-10-7-11-19-37/h6,8-9,12-17,20-21,35,39H,4-5,7,10-11,18-19,22H2,1-3H3. The number of hydrogen-bond acceptors (Lipinski definition) is 6. The monoisotopic (exact) mass is 554 g/mol. The maximum absolute atomic E-state index is 12.9. The normalized spacial score (nSPS) is 14.3. The van der Waals surface area contributed by atoms with E-state index in [-0.39, 0.29) is 11.8 Å². The number of benzene rings is 3. The molecule has 4 aromatic rings. The largest absolute Gasteiger partial charge is 0.494 e. The number of H-pyrrole nitrogens is 1. The van der Waals surface area contributed by atoms with Crippen molar-refractivity contribution in [2.45, 2.75) is 33.1 Å². The average molecular weight is 555 g/mol. The van der Waals surface area contributed by atoms with E-state index in [1.807, 2.05) is 87.6 Å². The molecule has 8 nitrogen and oxygen atoms in total. The molecule has 1 fully saturated rings. The third kappa shape index (κ3) is 6.38. The smallest absolute Gasteiger partial charge is 0.240 e. The highest BCUT2D eigenvalue weighted by atomic mass is 16.5. The van der Waals surface area contributed by atoms with Crippen LogP contribution in [0.1, 0.15) is 44.2 Å². The molecule has 0 saturated carbocycles. The highest BCUT2D eigenvalue weighted by molar-refractivity contribution is 6.22. The molecule has 214 valence electrons. The summed E-state index contributed by atoms with van der Waals surface area (Å²) in [6.45, 7) is 7.22. The molecular formula is C33H38N4O4. The zero-order valence-electron chi connectivity index (χ0n) is 24.0. The Hall–Kier alpha value is -4.30. The number of aromatic nitrogens is 1. The van der Waals surface area contributed by atoms with Crippen molar-refractivity contribution in [1.82, 2.24) is 9.88 Å². The van der Waals surface area contributed by atoms with E-state index in [1.54, 1.807) is 4.90 Å². The molecule has 0 radical (unpaired) electrons. The number of aromatic amines is 1. The summed E-state index contributed by atoms with van der Waals surface area (Å²) in [6, 6.07) is 21.1. The lowest BCUT2D eigenvalue weighted by Gasteiger charge is -2.28. The van der Waals surface area contributed by atoms with E-state index in [9.17, 15) is 9.90 Å². The SMILES string of the molecule is CCOc1cc2[nH]c(O)c(C(=Nc3ccc(N(C)C(=O)CN4CCCCC4)cc3)c3ccccc3)c2cc1OCC. The van der Waals surface area contributed by atoms with Crippen LogP contribution in [-0.4, -0.2) is 66.5 Å². The minimum absolute atomic E-state index is 0.0124. The van der Waals surface area contributed by atoms with E-state index in [0.29, 0.717) is 48.2 Å². The van der Waals surface area contributed by atoms with Gasteiger partial charge in [-0.3, -0.25) is 9.69 Å². The summed E-state index contributed by atoms with van der Waals surface area (Å²) >= 11 is 0. The van der Waals surface area contributed by atoms with Crippen LogP contribution < -0.4 is 14.4 Å². The Morgan fingerprint density at radius 2 is 1.61 bits per heavy atom. The number of aromatic hydroxyl groups is 1. The molecule has 0 bridgehead atoms. The Kier molecular flexibility index (Phi) is 8.89. The molecule has 41 heavy (non-hydrogen) atoms. The third-order valence-electron chi connectivity index (χ3n) is 7.39. The number of anilines is 1. The van der Waals surface area contributed by atoms with Gasteiger partial charge in [-0.15, -0.1) is 0 Å². The summed E-state index contributed by atoms with van der Waals surface area (Å²) in [5, 5.41) is 11.9. The lowest BCUT2D eigenvalue weighted by atomic mass is 10.0. The molecule has 8 heteroatoms. The first-order valence-corrected chi connectivity index (χ1v) is 14.4. The molecule has 2 heterocycles. The summed E-state index contributed by atoms with van der Waals surface area (Å²) in [4.78, 5) is 25.0. The van der Waals surface area contributed by atoms with Gasteiger partial charge in [0.2, 0.25) is 5.91 Å². The minimum Gasteiger partial charge on any atom is -0.494 e. The molecule has 1 amide bonds. The number of likely N-dealkylation sites (N-methyl/N-ethyl adjacent to an activating group) is 1. The minimum atomic E-state index is 0.0124. The van der Waals surface area contributed by atoms with Crippen LogP contribution >= 0.6 is 0 Å². The Labute approximate surface area is 241 Å². The van der Waals surface area contributed by atoms with Crippen molar-refractivity contribution in [1.29, 1.82) is 0 Å². The highest BCUT2D eigenvalue weighted by Crippen LogP contribution is 2.39. The molecule has 0 unspecified atom stereocenters. The fourth-order valence-corrected chi connectivity index (χ4v) is 5.26. The van der Waals surface area contributed by atoms with E-state index >= 15 is 0 Å². The van der Waals surface area contributed by atoms with Crippen LogP contribution in [0.4, 0.5) is 11.4 Å². The molecule has 0 atom stereocenters. The number of amides is 1. The van der Waals surface area contributed by atoms with Crippen LogP contribution in [-0.2, 0) is 4.79 Å². The number of carbonyl (C=O) groups excluding carboxylic acids is 1. The summed E-state index contributed by atoms with van der Waals surface area (Å²) in [7, 11) is 1.82. The number of carbonyl (C=O) groups is 1. The number of likely N-dealkylation sites (tertiary alicyclic amines) is 1. The highest BCUT2D eigenvalue weighted by Gasteiger charge is 2.22. The second-order valence-corrected chi connectivity index (χ2v) is 10.2. The van der Waals surface area contributed by atoms with Crippen LogP contribution in [0, 0.1) is 0 Å². The summed E-state index contributed by atoms with van der Waals surface area (Å²) < 4.78 is 11.7. The topological polar surface area (TPSA) is 90.4 Å². The number of ether oxygens (including phenoxy) is 2. The van der Waals surface area contributed by atoms with Gasteiger partial charge in [-0.2, -0.15) is 0 Å². The lowest BCUT2D eigenvalue weighted by molar-refractivity contribution is -0.119. The van der Waals surface area contributed by atoms with Gasteiger partial charge in [0.15, 0.2) is 17.4 Å². The van der Waals surface area contributed by atoms with E-state index < -0.39 is 0 Å². The average Bonchev–Trinajstić information content (AvgIpc) is 3.31. The number of rotatable bonds is 10. The fourth-order valence-electron chi connectivity index (χ4n) is 5.26. The van der Waals surface area contributed by atoms with Gasteiger partial charge in [-0.25, -0.2) is 4.99 Å². The third-order valence-corrected chi connectivity index (χ3v) is 7.39. The van der Waals surface area contributed by atoms with Crippen molar-refractivity contribution in [2.75, 3.05) is 44.8 Å². The Morgan fingerprint density at radius 1 is 0.951 bits per heavy atom.